The van der Waals surface area contributed by atoms with Crippen LogP contribution >= 0.6 is 0 Å². The Labute approximate surface area is 104 Å². The Morgan fingerprint density at radius 3 is 2.11 bits per heavy atom. The molecule has 0 aromatic rings. The first-order chi connectivity index (χ1) is 8.50. The number of hydrogen-bond donors (Lipinski definition) is 1. The van der Waals surface area contributed by atoms with E-state index in [4.69, 9.17) is 14.2 Å². The summed E-state index contributed by atoms with van der Waals surface area (Å²) in [6.07, 6.45) is -3.65. The maximum Gasteiger partial charge on any atom is 0.319 e. The first kappa shape index (κ1) is 17.6. The Kier molecular flexibility index (Phi) is 10.2. The van der Waals surface area contributed by atoms with Gasteiger partial charge in [-0.2, -0.15) is 8.78 Å². The molecule has 0 aromatic heterocycles. The third-order valence-corrected chi connectivity index (χ3v) is 1.91. The van der Waals surface area contributed by atoms with E-state index < -0.39 is 18.9 Å². The summed E-state index contributed by atoms with van der Waals surface area (Å²) in [6, 6.07) is 0. The molecule has 0 aliphatic carbocycles. The van der Waals surface area contributed by atoms with Crippen molar-refractivity contribution in [1.82, 2.24) is 5.32 Å². The van der Waals surface area contributed by atoms with Crippen LogP contribution < -0.4 is 5.32 Å². The SMILES string of the molecule is COCCOCCOCCNCC(F)(F)C(F)F. The maximum absolute atomic E-state index is 12.4. The molecule has 0 aliphatic rings. The summed E-state index contributed by atoms with van der Waals surface area (Å²) in [7, 11) is 1.56. The summed E-state index contributed by atoms with van der Waals surface area (Å²) in [5, 5.41) is 2.20. The smallest absolute Gasteiger partial charge is 0.319 e. The average Bonchev–Trinajstić information content (AvgIpc) is 2.31. The number of rotatable bonds is 12. The fraction of sp³-hybridized carbons (Fsp3) is 1.00. The highest BCUT2D eigenvalue weighted by Crippen LogP contribution is 2.21. The van der Waals surface area contributed by atoms with Crippen LogP contribution in [0.2, 0.25) is 0 Å². The molecule has 0 radical (unpaired) electrons. The molecule has 0 heterocycles. The molecule has 0 bridgehead atoms. The predicted octanol–water partition coefficient (Wildman–Crippen LogP) is 1.16. The number of nitrogens with one attached hydrogen (secondary N) is 1. The van der Waals surface area contributed by atoms with Crippen LogP contribution in [0.15, 0.2) is 0 Å². The van der Waals surface area contributed by atoms with Crippen LogP contribution in [0.25, 0.3) is 0 Å². The zero-order chi connectivity index (χ0) is 13.9. The number of alkyl halides is 4. The topological polar surface area (TPSA) is 39.7 Å². The lowest BCUT2D eigenvalue weighted by Crippen LogP contribution is -2.40. The predicted molar refractivity (Wildman–Crippen MR) is 57.3 cm³/mol. The fourth-order valence-corrected chi connectivity index (χ4v) is 0.941. The third kappa shape index (κ3) is 9.58. The summed E-state index contributed by atoms with van der Waals surface area (Å²) in [6.45, 7) is 0.821. The summed E-state index contributed by atoms with van der Waals surface area (Å²) >= 11 is 0. The standard InChI is InChI=1S/C10H19F4NO3/c1-16-4-5-18-7-6-17-3-2-15-8-10(13,14)9(11)12/h9,15H,2-8H2,1H3. The van der Waals surface area contributed by atoms with Gasteiger partial charge in [0.15, 0.2) is 0 Å². The van der Waals surface area contributed by atoms with E-state index in [1.165, 1.54) is 0 Å². The lowest BCUT2D eigenvalue weighted by atomic mass is 10.3. The van der Waals surface area contributed by atoms with Crippen LogP contribution in [-0.4, -0.2) is 65.6 Å². The molecule has 0 atom stereocenters. The van der Waals surface area contributed by atoms with Crippen LogP contribution in [0, 0.1) is 0 Å². The minimum atomic E-state index is -4.00. The van der Waals surface area contributed by atoms with Gasteiger partial charge in [0.05, 0.1) is 39.6 Å². The van der Waals surface area contributed by atoms with Gasteiger partial charge in [-0.3, -0.25) is 0 Å². The molecule has 0 aliphatic heterocycles. The van der Waals surface area contributed by atoms with E-state index in [-0.39, 0.29) is 13.2 Å². The van der Waals surface area contributed by atoms with Crippen molar-refractivity contribution < 1.29 is 31.8 Å². The lowest BCUT2D eigenvalue weighted by Gasteiger charge is -2.15. The van der Waals surface area contributed by atoms with Crippen molar-refractivity contribution in [3.63, 3.8) is 0 Å². The van der Waals surface area contributed by atoms with Gasteiger partial charge in [0.2, 0.25) is 0 Å². The van der Waals surface area contributed by atoms with Crippen LogP contribution in [0.4, 0.5) is 17.6 Å². The summed E-state index contributed by atoms with van der Waals surface area (Å²) in [4.78, 5) is 0. The van der Waals surface area contributed by atoms with Crippen LogP contribution in [0.5, 0.6) is 0 Å². The van der Waals surface area contributed by atoms with Crippen LogP contribution in [0.3, 0.4) is 0 Å². The van der Waals surface area contributed by atoms with E-state index in [0.717, 1.165) is 0 Å². The highest BCUT2D eigenvalue weighted by atomic mass is 19.3. The van der Waals surface area contributed by atoms with E-state index in [0.29, 0.717) is 26.4 Å². The molecule has 1 N–H and O–H groups in total. The van der Waals surface area contributed by atoms with Gasteiger partial charge in [-0.1, -0.05) is 0 Å². The lowest BCUT2D eigenvalue weighted by molar-refractivity contribution is -0.125. The van der Waals surface area contributed by atoms with Gasteiger partial charge < -0.3 is 19.5 Å². The fourth-order valence-electron chi connectivity index (χ4n) is 0.941. The normalized spacial score (nSPS) is 12.3. The molecule has 0 rings (SSSR count). The molecule has 8 heteroatoms. The first-order valence-corrected chi connectivity index (χ1v) is 5.52. The molecule has 4 nitrogen and oxygen atoms in total. The Hall–Kier alpha value is -0.440. The van der Waals surface area contributed by atoms with E-state index >= 15 is 0 Å². The summed E-state index contributed by atoms with van der Waals surface area (Å²) in [5.74, 6) is -4.00. The molecule has 18 heavy (non-hydrogen) atoms. The van der Waals surface area contributed by atoms with E-state index in [9.17, 15) is 17.6 Å². The first-order valence-electron chi connectivity index (χ1n) is 5.52. The summed E-state index contributed by atoms with van der Waals surface area (Å²) < 4.78 is 63.2. The highest BCUT2D eigenvalue weighted by Gasteiger charge is 2.39. The van der Waals surface area contributed by atoms with Crippen LogP contribution in [-0.2, 0) is 14.2 Å². The Balaban J connectivity index is 3.21. The second-order valence-corrected chi connectivity index (χ2v) is 3.46. The quantitative estimate of drug-likeness (QED) is 0.429. The van der Waals surface area contributed by atoms with Gasteiger partial charge in [0, 0.05) is 13.7 Å². The Morgan fingerprint density at radius 2 is 1.56 bits per heavy atom. The van der Waals surface area contributed by atoms with E-state index in [2.05, 4.69) is 5.32 Å². The van der Waals surface area contributed by atoms with Crippen molar-refractivity contribution in [3.05, 3.63) is 0 Å². The molecule has 0 aromatic carbocycles. The van der Waals surface area contributed by atoms with Crippen LogP contribution in [0.1, 0.15) is 0 Å². The van der Waals surface area contributed by atoms with Crippen molar-refractivity contribution in [2.75, 3.05) is 53.2 Å². The van der Waals surface area contributed by atoms with Gasteiger partial charge in [0.25, 0.3) is 0 Å². The van der Waals surface area contributed by atoms with E-state index in [1.807, 2.05) is 0 Å². The average molecular weight is 277 g/mol. The Bertz CT molecular complexity index is 196. The maximum atomic E-state index is 12.4. The number of hydrogen-bond acceptors (Lipinski definition) is 4. The minimum Gasteiger partial charge on any atom is -0.382 e. The van der Waals surface area contributed by atoms with E-state index in [1.54, 1.807) is 7.11 Å². The summed E-state index contributed by atoms with van der Waals surface area (Å²) in [5.41, 5.74) is 0. The van der Waals surface area contributed by atoms with Crippen molar-refractivity contribution >= 4 is 0 Å². The number of methoxy groups -OCH3 is 1. The minimum absolute atomic E-state index is 0.0837. The van der Waals surface area contributed by atoms with Gasteiger partial charge in [-0.15, -0.1) is 0 Å². The second-order valence-electron chi connectivity index (χ2n) is 3.46. The molecule has 0 saturated heterocycles. The molecule has 0 saturated carbocycles. The molecule has 110 valence electrons. The molecule has 0 unspecified atom stereocenters. The zero-order valence-corrected chi connectivity index (χ0v) is 10.3. The highest BCUT2D eigenvalue weighted by molar-refractivity contribution is 4.71. The van der Waals surface area contributed by atoms with Crippen molar-refractivity contribution in [3.8, 4) is 0 Å². The van der Waals surface area contributed by atoms with Crippen molar-refractivity contribution in [2.45, 2.75) is 12.3 Å². The molecule has 0 spiro atoms. The van der Waals surface area contributed by atoms with Gasteiger partial charge in [0.1, 0.15) is 0 Å². The Morgan fingerprint density at radius 1 is 1.00 bits per heavy atom. The monoisotopic (exact) mass is 277 g/mol. The van der Waals surface area contributed by atoms with Gasteiger partial charge in [-0.05, 0) is 0 Å². The largest absolute Gasteiger partial charge is 0.382 e. The van der Waals surface area contributed by atoms with Crippen molar-refractivity contribution in [2.24, 2.45) is 0 Å². The second kappa shape index (κ2) is 10.5. The zero-order valence-electron chi connectivity index (χ0n) is 10.3. The van der Waals surface area contributed by atoms with Gasteiger partial charge >= 0.3 is 12.3 Å². The number of ether oxygens (including phenoxy) is 3. The number of halogens is 4. The third-order valence-electron chi connectivity index (χ3n) is 1.91. The van der Waals surface area contributed by atoms with Crippen molar-refractivity contribution in [1.29, 1.82) is 0 Å². The molecule has 0 fully saturated rings. The van der Waals surface area contributed by atoms with Gasteiger partial charge in [-0.25, -0.2) is 8.78 Å². The molecule has 0 amide bonds. The molecular weight excluding hydrogens is 258 g/mol. The molecular formula is C10H19F4NO3.